The van der Waals surface area contributed by atoms with Crippen molar-refractivity contribution in [1.29, 1.82) is 0 Å². The maximum Gasteiger partial charge on any atom is 0.401 e. The molecule has 0 bridgehead atoms. The van der Waals surface area contributed by atoms with Gasteiger partial charge in [0, 0.05) is 37.3 Å². The van der Waals surface area contributed by atoms with Gasteiger partial charge in [-0.1, -0.05) is 26.0 Å². The Morgan fingerprint density at radius 3 is 2.55 bits per heavy atom. The molecule has 9 heteroatoms. The average Bonchev–Trinajstić information content (AvgIpc) is 3.06. The molecular formula is C20H30F3N5O. The largest absolute Gasteiger partial charge is 0.401 e. The van der Waals surface area contributed by atoms with Gasteiger partial charge in [-0.2, -0.15) is 13.2 Å². The highest BCUT2D eigenvalue weighted by molar-refractivity contribution is 5.92. The molecule has 29 heavy (non-hydrogen) atoms. The molecule has 1 aromatic rings. The molecule has 1 aliphatic rings. The third-order valence-electron chi connectivity index (χ3n) is 4.53. The Kier molecular flexibility index (Phi) is 8.31. The number of benzene rings is 1. The molecule has 0 saturated carbocycles. The number of nitrogens with zero attached hydrogens (tertiary/aromatic N) is 2. The Labute approximate surface area is 169 Å². The molecule has 6 nitrogen and oxygen atoms in total. The summed E-state index contributed by atoms with van der Waals surface area (Å²) in [5, 5.41) is 9.20. The van der Waals surface area contributed by atoms with Gasteiger partial charge in [0.1, 0.15) is 0 Å². The number of carbonyl (C=O) groups is 1. The van der Waals surface area contributed by atoms with Crippen molar-refractivity contribution < 1.29 is 18.0 Å². The number of amides is 1. The van der Waals surface area contributed by atoms with Crippen LogP contribution >= 0.6 is 0 Å². The van der Waals surface area contributed by atoms with Crippen LogP contribution in [-0.4, -0.2) is 55.2 Å². The molecule has 1 heterocycles. The molecule has 1 aliphatic heterocycles. The predicted octanol–water partition coefficient (Wildman–Crippen LogP) is 2.97. The van der Waals surface area contributed by atoms with E-state index in [2.05, 4.69) is 20.9 Å². The van der Waals surface area contributed by atoms with E-state index in [1.807, 2.05) is 45.0 Å². The highest BCUT2D eigenvalue weighted by atomic mass is 19.4. The van der Waals surface area contributed by atoms with Gasteiger partial charge < -0.3 is 16.0 Å². The maximum absolute atomic E-state index is 12.5. The number of likely N-dealkylation sites (tertiary alicyclic amines) is 1. The summed E-state index contributed by atoms with van der Waals surface area (Å²) in [6.45, 7) is 6.57. The van der Waals surface area contributed by atoms with Crippen molar-refractivity contribution in [3.05, 3.63) is 29.8 Å². The fraction of sp³-hybridized carbons (Fsp3) is 0.600. The van der Waals surface area contributed by atoms with E-state index in [9.17, 15) is 18.0 Å². The van der Waals surface area contributed by atoms with Crippen LogP contribution in [0.1, 0.15) is 32.8 Å². The lowest BCUT2D eigenvalue weighted by Crippen LogP contribution is -2.45. The molecule has 162 valence electrons. The fourth-order valence-corrected chi connectivity index (χ4v) is 3.01. The summed E-state index contributed by atoms with van der Waals surface area (Å²) in [6.07, 6.45) is -3.53. The lowest BCUT2D eigenvalue weighted by atomic mass is 10.1. The molecule has 1 unspecified atom stereocenters. The SMILES string of the molecule is CCNC(=NCc1ccc(NC(=O)C(C)C)cc1)NC1CCN(CC(F)(F)F)C1. The first-order chi connectivity index (χ1) is 13.7. The summed E-state index contributed by atoms with van der Waals surface area (Å²) in [6, 6.07) is 7.38. The zero-order valence-corrected chi connectivity index (χ0v) is 17.1. The van der Waals surface area contributed by atoms with Crippen LogP contribution in [0.4, 0.5) is 18.9 Å². The minimum Gasteiger partial charge on any atom is -0.357 e. The summed E-state index contributed by atoms with van der Waals surface area (Å²) >= 11 is 0. The average molecular weight is 413 g/mol. The van der Waals surface area contributed by atoms with E-state index < -0.39 is 12.7 Å². The Morgan fingerprint density at radius 1 is 1.28 bits per heavy atom. The van der Waals surface area contributed by atoms with Crippen LogP contribution in [-0.2, 0) is 11.3 Å². The molecule has 1 atom stereocenters. The minimum atomic E-state index is -4.17. The highest BCUT2D eigenvalue weighted by Gasteiger charge is 2.34. The number of nitrogens with one attached hydrogen (secondary N) is 3. The van der Waals surface area contributed by atoms with Gasteiger partial charge in [0.25, 0.3) is 0 Å². The number of carbonyl (C=O) groups excluding carboxylic acids is 1. The number of hydrogen-bond acceptors (Lipinski definition) is 3. The van der Waals surface area contributed by atoms with Gasteiger partial charge in [0.15, 0.2) is 5.96 Å². The quantitative estimate of drug-likeness (QED) is 0.475. The van der Waals surface area contributed by atoms with Crippen LogP contribution in [0.5, 0.6) is 0 Å². The first-order valence-electron chi connectivity index (χ1n) is 9.90. The number of rotatable bonds is 7. The number of anilines is 1. The zero-order chi connectivity index (χ0) is 21.4. The Bertz CT molecular complexity index is 688. The molecular weight excluding hydrogens is 383 g/mol. The first kappa shape index (κ1) is 23.0. The third kappa shape index (κ3) is 8.31. The van der Waals surface area contributed by atoms with E-state index in [1.165, 1.54) is 4.90 Å². The van der Waals surface area contributed by atoms with Crippen molar-refractivity contribution in [2.45, 2.75) is 46.0 Å². The van der Waals surface area contributed by atoms with Crippen LogP contribution in [0.25, 0.3) is 0 Å². The van der Waals surface area contributed by atoms with Crippen molar-refractivity contribution in [2.75, 3.05) is 31.5 Å². The van der Waals surface area contributed by atoms with Gasteiger partial charge in [-0.3, -0.25) is 9.69 Å². The normalized spacial score (nSPS) is 18.2. The zero-order valence-electron chi connectivity index (χ0n) is 17.1. The van der Waals surface area contributed by atoms with Crippen molar-refractivity contribution >= 4 is 17.6 Å². The number of halogens is 3. The van der Waals surface area contributed by atoms with Gasteiger partial charge in [-0.15, -0.1) is 0 Å². The highest BCUT2D eigenvalue weighted by Crippen LogP contribution is 2.20. The lowest BCUT2D eigenvalue weighted by Gasteiger charge is -2.19. The number of alkyl halides is 3. The maximum atomic E-state index is 12.5. The van der Waals surface area contributed by atoms with Gasteiger partial charge in [0.05, 0.1) is 13.1 Å². The Hall–Kier alpha value is -2.29. The molecule has 2 rings (SSSR count). The van der Waals surface area contributed by atoms with Crippen LogP contribution < -0.4 is 16.0 Å². The van der Waals surface area contributed by atoms with Crippen molar-refractivity contribution in [3.8, 4) is 0 Å². The van der Waals surface area contributed by atoms with E-state index in [0.717, 1.165) is 11.3 Å². The summed E-state index contributed by atoms with van der Waals surface area (Å²) in [5.74, 6) is 0.463. The van der Waals surface area contributed by atoms with Gasteiger partial charge in [0.2, 0.25) is 5.91 Å². The number of aliphatic imine (C=N–C) groups is 1. The topological polar surface area (TPSA) is 68.8 Å². The molecule has 0 radical (unpaired) electrons. The molecule has 1 amide bonds. The van der Waals surface area contributed by atoms with Crippen molar-refractivity contribution in [2.24, 2.45) is 10.9 Å². The Morgan fingerprint density at radius 2 is 1.97 bits per heavy atom. The predicted molar refractivity (Wildman–Crippen MR) is 109 cm³/mol. The van der Waals surface area contributed by atoms with E-state index in [4.69, 9.17) is 0 Å². The van der Waals surface area contributed by atoms with Crippen molar-refractivity contribution in [3.63, 3.8) is 0 Å². The summed E-state index contributed by atoms with van der Waals surface area (Å²) in [7, 11) is 0. The van der Waals surface area contributed by atoms with E-state index in [1.54, 1.807) is 0 Å². The van der Waals surface area contributed by atoms with Gasteiger partial charge >= 0.3 is 6.18 Å². The van der Waals surface area contributed by atoms with Crippen molar-refractivity contribution in [1.82, 2.24) is 15.5 Å². The minimum absolute atomic E-state index is 0.0365. The lowest BCUT2D eigenvalue weighted by molar-refractivity contribution is -0.143. The monoisotopic (exact) mass is 413 g/mol. The second-order valence-corrected chi connectivity index (χ2v) is 7.52. The molecule has 0 spiro atoms. The van der Waals surface area contributed by atoms with Crippen LogP contribution in [0, 0.1) is 5.92 Å². The summed E-state index contributed by atoms with van der Waals surface area (Å²) < 4.78 is 37.6. The van der Waals surface area contributed by atoms with Gasteiger partial charge in [-0.25, -0.2) is 4.99 Å². The number of guanidine groups is 1. The standard InChI is InChI=1S/C20H30F3N5O/c1-4-24-19(27-17-9-10-28(12-17)13-20(21,22)23)25-11-15-5-7-16(8-6-15)26-18(29)14(2)3/h5-8,14,17H,4,9-13H2,1-3H3,(H,26,29)(H2,24,25,27). The first-order valence-corrected chi connectivity index (χ1v) is 9.90. The van der Waals surface area contributed by atoms with E-state index in [-0.39, 0.29) is 17.9 Å². The fourth-order valence-electron chi connectivity index (χ4n) is 3.01. The second-order valence-electron chi connectivity index (χ2n) is 7.52. The molecule has 1 saturated heterocycles. The second kappa shape index (κ2) is 10.5. The smallest absolute Gasteiger partial charge is 0.357 e. The molecule has 0 aliphatic carbocycles. The van der Waals surface area contributed by atoms with Crippen LogP contribution in [0.15, 0.2) is 29.3 Å². The molecule has 0 aromatic heterocycles. The van der Waals surface area contributed by atoms with Crippen LogP contribution in [0.2, 0.25) is 0 Å². The molecule has 1 aromatic carbocycles. The van der Waals surface area contributed by atoms with Crippen LogP contribution in [0.3, 0.4) is 0 Å². The third-order valence-corrected chi connectivity index (χ3v) is 4.53. The number of hydrogen-bond donors (Lipinski definition) is 3. The van der Waals surface area contributed by atoms with E-state index in [0.29, 0.717) is 38.6 Å². The molecule has 3 N–H and O–H groups in total. The van der Waals surface area contributed by atoms with E-state index >= 15 is 0 Å². The Balaban J connectivity index is 1.89. The van der Waals surface area contributed by atoms with Gasteiger partial charge in [-0.05, 0) is 31.0 Å². The molecule has 1 fully saturated rings. The summed E-state index contributed by atoms with van der Waals surface area (Å²) in [4.78, 5) is 17.7. The summed E-state index contributed by atoms with van der Waals surface area (Å²) in [5.41, 5.74) is 1.70.